The van der Waals surface area contributed by atoms with Crippen LogP contribution in [0.4, 0.5) is 13.2 Å². The molecule has 216 valence electrons. The maximum absolute atomic E-state index is 13.0. The lowest BCUT2D eigenvalue weighted by atomic mass is 9.79. The van der Waals surface area contributed by atoms with Crippen LogP contribution >= 0.6 is 0 Å². The molecule has 3 aromatic rings. The average molecular weight is 559 g/mol. The first-order valence-corrected chi connectivity index (χ1v) is 14.4. The normalized spacial score (nSPS) is 26.0. The van der Waals surface area contributed by atoms with E-state index in [2.05, 4.69) is 26.0 Å². The molecule has 1 aromatic carbocycles. The van der Waals surface area contributed by atoms with Crippen LogP contribution in [0.25, 0.3) is 0 Å². The van der Waals surface area contributed by atoms with Crippen molar-refractivity contribution in [3.8, 4) is 5.75 Å². The highest BCUT2D eigenvalue weighted by atomic mass is 19.4. The monoisotopic (exact) mass is 558 g/mol. The zero-order chi connectivity index (χ0) is 27.7. The van der Waals surface area contributed by atoms with E-state index in [-0.39, 0.29) is 12.4 Å². The summed E-state index contributed by atoms with van der Waals surface area (Å²) >= 11 is 0. The van der Waals surface area contributed by atoms with Gasteiger partial charge in [-0.05, 0) is 87.7 Å². The van der Waals surface area contributed by atoms with Gasteiger partial charge in [-0.2, -0.15) is 18.3 Å². The number of hydrogen-bond acceptors (Lipinski definition) is 6. The van der Waals surface area contributed by atoms with Crippen LogP contribution in [0.15, 0.2) is 36.7 Å². The van der Waals surface area contributed by atoms with Gasteiger partial charge >= 0.3 is 6.18 Å². The van der Waals surface area contributed by atoms with Crippen molar-refractivity contribution >= 4 is 0 Å². The lowest BCUT2D eigenvalue weighted by Gasteiger charge is -2.37. The van der Waals surface area contributed by atoms with Crippen molar-refractivity contribution in [3.05, 3.63) is 59.4 Å². The van der Waals surface area contributed by atoms with Gasteiger partial charge < -0.3 is 18.9 Å². The summed E-state index contributed by atoms with van der Waals surface area (Å²) in [4.78, 5) is 2.48. The van der Waals surface area contributed by atoms with E-state index in [4.69, 9.17) is 14.6 Å². The van der Waals surface area contributed by atoms with E-state index in [1.165, 1.54) is 37.2 Å². The van der Waals surface area contributed by atoms with Crippen LogP contribution in [0.1, 0.15) is 85.6 Å². The molecule has 1 aliphatic carbocycles. The first-order chi connectivity index (χ1) is 19.3. The Kier molecular flexibility index (Phi) is 7.85. The smallest absolute Gasteiger partial charge is 0.416 e. The molecule has 4 heterocycles. The van der Waals surface area contributed by atoms with Crippen molar-refractivity contribution in [2.45, 2.75) is 81.7 Å². The van der Waals surface area contributed by atoms with Gasteiger partial charge in [0.15, 0.2) is 5.82 Å². The van der Waals surface area contributed by atoms with Gasteiger partial charge in [-0.15, -0.1) is 10.2 Å². The van der Waals surface area contributed by atoms with Gasteiger partial charge in [-0.25, -0.2) is 0 Å². The zero-order valence-electron chi connectivity index (χ0n) is 22.9. The van der Waals surface area contributed by atoms with Gasteiger partial charge in [0, 0.05) is 25.7 Å². The summed E-state index contributed by atoms with van der Waals surface area (Å²) in [5.74, 6) is 2.43. The Morgan fingerprint density at radius 1 is 1.02 bits per heavy atom. The predicted molar refractivity (Wildman–Crippen MR) is 142 cm³/mol. The van der Waals surface area contributed by atoms with Crippen LogP contribution in [-0.4, -0.2) is 61.8 Å². The number of hydrogen-bond donors (Lipinski definition) is 0. The molecule has 0 bridgehead atoms. The molecule has 3 aliphatic rings. The fourth-order valence-corrected chi connectivity index (χ4v) is 6.21. The van der Waals surface area contributed by atoms with E-state index >= 15 is 0 Å². The molecule has 0 spiro atoms. The summed E-state index contributed by atoms with van der Waals surface area (Å²) in [6.45, 7) is 4.28. The van der Waals surface area contributed by atoms with Crippen LogP contribution in [0, 0.1) is 0 Å². The topological polar surface area (TPSA) is 70.2 Å². The second-order valence-corrected chi connectivity index (χ2v) is 11.5. The number of aromatic nitrogens is 5. The quantitative estimate of drug-likeness (QED) is 0.365. The van der Waals surface area contributed by atoms with Gasteiger partial charge in [0.2, 0.25) is 0 Å². The van der Waals surface area contributed by atoms with Crippen molar-refractivity contribution in [2.24, 2.45) is 7.05 Å². The molecule has 6 rings (SSSR count). The molecule has 0 amide bonds. The van der Waals surface area contributed by atoms with Gasteiger partial charge in [0.1, 0.15) is 18.2 Å². The van der Waals surface area contributed by atoms with E-state index in [1.807, 2.05) is 17.8 Å². The third-order valence-corrected chi connectivity index (χ3v) is 8.84. The number of nitrogens with zero attached hydrogens (tertiary/aromatic N) is 6. The second-order valence-electron chi connectivity index (χ2n) is 11.5. The van der Waals surface area contributed by atoms with Crippen LogP contribution in [-0.2, 0) is 24.6 Å². The summed E-state index contributed by atoms with van der Waals surface area (Å²) in [6.07, 6.45) is 7.83. The molecule has 0 N–H and O–H groups in total. The highest BCUT2D eigenvalue weighted by Crippen LogP contribution is 2.40. The van der Waals surface area contributed by atoms with Gasteiger partial charge in [-0.1, -0.05) is 6.07 Å². The van der Waals surface area contributed by atoms with Gasteiger partial charge in [-0.3, -0.25) is 4.68 Å². The Morgan fingerprint density at radius 2 is 1.82 bits per heavy atom. The lowest BCUT2D eigenvalue weighted by molar-refractivity contribution is -0.137. The zero-order valence-corrected chi connectivity index (χ0v) is 22.9. The van der Waals surface area contributed by atoms with Crippen molar-refractivity contribution in [3.63, 3.8) is 0 Å². The number of halogens is 3. The number of ether oxygens (including phenoxy) is 2. The number of benzene rings is 1. The summed E-state index contributed by atoms with van der Waals surface area (Å²) < 4.78 is 54.8. The Bertz CT molecular complexity index is 1270. The SMILES string of the molecule is Cn1c(COc2cccc(C(F)(F)F)c2)nnc1[C@H]1CC[C@H](c2cnn([C@@H]3CC[C@@H](CN4CCC4)OC3)c2)CC1. The molecular weight excluding hydrogens is 521 g/mol. The molecule has 1 saturated carbocycles. The lowest BCUT2D eigenvalue weighted by Crippen LogP contribution is -2.44. The fourth-order valence-electron chi connectivity index (χ4n) is 6.21. The molecule has 2 aromatic heterocycles. The Morgan fingerprint density at radius 3 is 2.52 bits per heavy atom. The molecule has 0 unspecified atom stereocenters. The van der Waals surface area contributed by atoms with E-state index in [0.717, 1.165) is 69.6 Å². The molecule has 8 nitrogen and oxygen atoms in total. The highest BCUT2D eigenvalue weighted by Gasteiger charge is 2.32. The average Bonchev–Trinajstić information content (AvgIpc) is 3.57. The first-order valence-electron chi connectivity index (χ1n) is 14.4. The van der Waals surface area contributed by atoms with Crippen molar-refractivity contribution in [2.75, 3.05) is 26.2 Å². The molecule has 2 saturated heterocycles. The molecule has 2 atom stereocenters. The first kappa shape index (κ1) is 27.3. The van der Waals surface area contributed by atoms with E-state index in [9.17, 15) is 13.2 Å². The van der Waals surface area contributed by atoms with Crippen molar-refractivity contribution < 1.29 is 22.6 Å². The maximum Gasteiger partial charge on any atom is 0.416 e. The molecule has 3 fully saturated rings. The van der Waals surface area contributed by atoms with Crippen LogP contribution in [0.2, 0.25) is 0 Å². The minimum Gasteiger partial charge on any atom is -0.486 e. The van der Waals surface area contributed by atoms with Crippen molar-refractivity contribution in [1.82, 2.24) is 29.4 Å². The number of rotatable bonds is 8. The minimum atomic E-state index is -4.41. The van der Waals surface area contributed by atoms with E-state index in [0.29, 0.717) is 29.8 Å². The van der Waals surface area contributed by atoms with Crippen LogP contribution < -0.4 is 4.74 Å². The second kappa shape index (κ2) is 11.5. The van der Waals surface area contributed by atoms with E-state index in [1.54, 1.807) is 0 Å². The predicted octanol–water partition coefficient (Wildman–Crippen LogP) is 5.48. The summed E-state index contributed by atoms with van der Waals surface area (Å²) in [5, 5.41) is 13.4. The fraction of sp³-hybridized carbons (Fsp3) is 0.621. The third kappa shape index (κ3) is 6.05. The van der Waals surface area contributed by atoms with E-state index < -0.39 is 11.7 Å². The summed E-state index contributed by atoms with van der Waals surface area (Å²) in [6, 6.07) is 5.21. The molecular formula is C29H37F3N6O2. The molecule has 2 aliphatic heterocycles. The summed E-state index contributed by atoms with van der Waals surface area (Å²) in [7, 11) is 1.90. The van der Waals surface area contributed by atoms with Crippen LogP contribution in [0.3, 0.4) is 0 Å². The molecule has 40 heavy (non-hydrogen) atoms. The highest BCUT2D eigenvalue weighted by molar-refractivity contribution is 5.30. The third-order valence-electron chi connectivity index (χ3n) is 8.84. The number of alkyl halides is 3. The largest absolute Gasteiger partial charge is 0.486 e. The van der Waals surface area contributed by atoms with Gasteiger partial charge in [0.25, 0.3) is 0 Å². The Balaban J connectivity index is 0.993. The standard InChI is InChI=1S/C29H37F3N6O2/c1-36-27(19-40-25-5-2-4-23(14-25)29(30,31)32)34-35-28(36)21-8-6-20(7-9-21)22-15-33-38(16-22)24-10-11-26(39-18-24)17-37-12-3-13-37/h2,4-5,14-16,20-21,24,26H,3,6-13,17-19H2,1H3/t20-,21-,24-,26+/m1/s1. The number of likely N-dealkylation sites (tertiary alicyclic amines) is 1. The van der Waals surface area contributed by atoms with Gasteiger partial charge in [0.05, 0.1) is 30.5 Å². The van der Waals surface area contributed by atoms with Crippen molar-refractivity contribution in [1.29, 1.82) is 0 Å². The minimum absolute atomic E-state index is 0.0588. The maximum atomic E-state index is 13.0. The Hall–Kier alpha value is -2.92. The summed E-state index contributed by atoms with van der Waals surface area (Å²) in [5.41, 5.74) is 0.568. The van der Waals surface area contributed by atoms with Crippen LogP contribution in [0.5, 0.6) is 5.75 Å². The Labute approximate surface area is 232 Å². The molecule has 0 radical (unpaired) electrons. The molecule has 11 heteroatoms.